The van der Waals surface area contributed by atoms with Gasteiger partial charge in [-0.05, 0) is 26.0 Å². The van der Waals surface area contributed by atoms with E-state index >= 15 is 0 Å². The SMILES string of the molecule is CN(Cc1ccc(Cl)s1)C(=O)C(C)(C)CN.Cl. The Kier molecular flexibility index (Phi) is 6.48. The number of carbonyl (C=O) groups excluding carboxylic acids is 1. The zero-order valence-electron chi connectivity index (χ0n) is 10.2. The van der Waals surface area contributed by atoms with Crippen LogP contribution in [0.4, 0.5) is 0 Å². The highest BCUT2D eigenvalue weighted by Gasteiger charge is 2.28. The molecule has 98 valence electrons. The van der Waals surface area contributed by atoms with E-state index in [0.29, 0.717) is 13.1 Å². The Labute approximate surface area is 117 Å². The third-order valence-corrected chi connectivity index (χ3v) is 3.67. The van der Waals surface area contributed by atoms with E-state index in [2.05, 4.69) is 0 Å². The second-order valence-electron chi connectivity index (χ2n) is 4.46. The van der Waals surface area contributed by atoms with Crippen LogP contribution in [0.1, 0.15) is 18.7 Å². The van der Waals surface area contributed by atoms with E-state index in [-0.39, 0.29) is 18.3 Å². The molecular formula is C11H18Cl2N2OS. The van der Waals surface area contributed by atoms with Crippen LogP contribution in [0.25, 0.3) is 0 Å². The summed E-state index contributed by atoms with van der Waals surface area (Å²) in [6, 6.07) is 3.78. The van der Waals surface area contributed by atoms with Gasteiger partial charge in [-0.25, -0.2) is 0 Å². The van der Waals surface area contributed by atoms with Crippen LogP contribution in [0, 0.1) is 5.41 Å². The van der Waals surface area contributed by atoms with E-state index in [4.69, 9.17) is 17.3 Å². The van der Waals surface area contributed by atoms with Crippen LogP contribution in [0.5, 0.6) is 0 Å². The van der Waals surface area contributed by atoms with Gasteiger partial charge in [-0.2, -0.15) is 0 Å². The van der Waals surface area contributed by atoms with E-state index < -0.39 is 5.41 Å². The van der Waals surface area contributed by atoms with Crippen molar-refractivity contribution in [3.8, 4) is 0 Å². The minimum absolute atomic E-state index is 0. The lowest BCUT2D eigenvalue weighted by atomic mass is 9.92. The minimum atomic E-state index is -0.504. The molecule has 0 saturated heterocycles. The van der Waals surface area contributed by atoms with Gasteiger partial charge in [0, 0.05) is 18.5 Å². The molecule has 0 unspecified atom stereocenters. The Hall–Kier alpha value is -0.290. The maximum absolute atomic E-state index is 12.0. The molecule has 0 aliphatic heterocycles. The predicted molar refractivity (Wildman–Crippen MR) is 75.9 cm³/mol. The highest BCUT2D eigenvalue weighted by atomic mass is 35.5. The lowest BCUT2D eigenvalue weighted by Gasteiger charge is -2.27. The molecule has 1 amide bonds. The van der Waals surface area contributed by atoms with Crippen molar-refractivity contribution < 1.29 is 4.79 Å². The van der Waals surface area contributed by atoms with Gasteiger partial charge in [0.1, 0.15) is 0 Å². The number of nitrogens with zero attached hydrogens (tertiary/aromatic N) is 1. The molecule has 0 aromatic carbocycles. The molecule has 0 aliphatic carbocycles. The van der Waals surface area contributed by atoms with Gasteiger partial charge < -0.3 is 10.6 Å². The smallest absolute Gasteiger partial charge is 0.229 e. The fourth-order valence-electron chi connectivity index (χ4n) is 1.35. The number of hydrogen-bond donors (Lipinski definition) is 1. The molecule has 3 nitrogen and oxygen atoms in total. The van der Waals surface area contributed by atoms with Crippen LogP contribution in [-0.2, 0) is 11.3 Å². The molecule has 0 radical (unpaired) electrons. The number of halogens is 2. The molecule has 1 rings (SSSR count). The standard InChI is InChI=1S/C11H17ClN2OS.ClH/c1-11(2,7-13)10(15)14(3)6-8-4-5-9(12)16-8;/h4-5H,6-7,13H2,1-3H3;1H. The molecule has 1 heterocycles. The van der Waals surface area contributed by atoms with Gasteiger partial charge >= 0.3 is 0 Å². The van der Waals surface area contributed by atoms with Crippen LogP contribution in [0.15, 0.2) is 12.1 Å². The average molecular weight is 297 g/mol. The van der Waals surface area contributed by atoms with Gasteiger partial charge in [-0.15, -0.1) is 23.7 Å². The number of nitrogens with two attached hydrogens (primary N) is 1. The number of rotatable bonds is 4. The predicted octanol–water partition coefficient (Wildman–Crippen LogP) is 2.77. The van der Waals surface area contributed by atoms with Crippen LogP contribution < -0.4 is 5.73 Å². The highest BCUT2D eigenvalue weighted by molar-refractivity contribution is 7.16. The molecule has 0 bridgehead atoms. The van der Waals surface area contributed by atoms with Crippen molar-refractivity contribution in [2.75, 3.05) is 13.6 Å². The Morgan fingerprint density at radius 2 is 2.12 bits per heavy atom. The topological polar surface area (TPSA) is 46.3 Å². The van der Waals surface area contributed by atoms with E-state index in [0.717, 1.165) is 9.21 Å². The number of hydrogen-bond acceptors (Lipinski definition) is 3. The molecule has 6 heteroatoms. The van der Waals surface area contributed by atoms with E-state index in [1.165, 1.54) is 11.3 Å². The second kappa shape index (κ2) is 6.59. The minimum Gasteiger partial charge on any atom is -0.340 e. The maximum atomic E-state index is 12.0. The maximum Gasteiger partial charge on any atom is 0.229 e. The number of carbonyl (C=O) groups is 1. The summed E-state index contributed by atoms with van der Waals surface area (Å²) in [5.74, 6) is 0.0551. The van der Waals surface area contributed by atoms with Crippen LogP contribution >= 0.6 is 35.3 Å². The first-order valence-electron chi connectivity index (χ1n) is 5.06. The molecular weight excluding hydrogens is 279 g/mol. The summed E-state index contributed by atoms with van der Waals surface area (Å²) in [5, 5.41) is 0. The van der Waals surface area contributed by atoms with E-state index in [1.807, 2.05) is 26.0 Å². The van der Waals surface area contributed by atoms with Crippen LogP contribution in [0.2, 0.25) is 4.34 Å². The average Bonchev–Trinajstić information content (AvgIpc) is 2.62. The monoisotopic (exact) mass is 296 g/mol. The molecule has 0 saturated carbocycles. The van der Waals surface area contributed by atoms with Gasteiger partial charge in [0.2, 0.25) is 5.91 Å². The first-order valence-corrected chi connectivity index (χ1v) is 6.26. The quantitative estimate of drug-likeness (QED) is 0.929. The molecule has 0 aliphatic rings. The Morgan fingerprint density at radius 1 is 1.53 bits per heavy atom. The first kappa shape index (κ1) is 16.7. The Balaban J connectivity index is 0.00000256. The summed E-state index contributed by atoms with van der Waals surface area (Å²) in [4.78, 5) is 14.8. The third-order valence-electron chi connectivity index (χ3n) is 2.46. The van der Waals surface area contributed by atoms with Crippen molar-refractivity contribution >= 4 is 41.3 Å². The molecule has 0 spiro atoms. The summed E-state index contributed by atoms with van der Waals surface area (Å²) < 4.78 is 0.744. The zero-order chi connectivity index (χ0) is 12.3. The summed E-state index contributed by atoms with van der Waals surface area (Å²) in [6.45, 7) is 4.64. The molecule has 0 fully saturated rings. The molecule has 17 heavy (non-hydrogen) atoms. The fourth-order valence-corrected chi connectivity index (χ4v) is 2.49. The molecule has 1 aromatic heterocycles. The normalized spacial score (nSPS) is 10.9. The van der Waals surface area contributed by atoms with Crippen molar-refractivity contribution in [3.63, 3.8) is 0 Å². The third kappa shape index (κ3) is 4.47. The number of thiophene rings is 1. The van der Waals surface area contributed by atoms with Crippen LogP contribution in [0.3, 0.4) is 0 Å². The van der Waals surface area contributed by atoms with Crippen molar-refractivity contribution in [2.24, 2.45) is 11.1 Å². The van der Waals surface area contributed by atoms with E-state index in [1.54, 1.807) is 11.9 Å². The largest absolute Gasteiger partial charge is 0.340 e. The summed E-state index contributed by atoms with van der Waals surface area (Å²) in [5.41, 5.74) is 5.07. The highest BCUT2D eigenvalue weighted by Crippen LogP contribution is 2.24. The van der Waals surface area contributed by atoms with Crippen molar-refractivity contribution in [1.29, 1.82) is 0 Å². The van der Waals surface area contributed by atoms with Crippen molar-refractivity contribution in [2.45, 2.75) is 20.4 Å². The lowest BCUT2D eigenvalue weighted by molar-refractivity contribution is -0.138. The summed E-state index contributed by atoms with van der Waals surface area (Å²) >= 11 is 7.33. The van der Waals surface area contributed by atoms with Crippen molar-refractivity contribution in [1.82, 2.24) is 4.90 Å². The molecule has 1 aromatic rings. The van der Waals surface area contributed by atoms with Gasteiger partial charge in [-0.3, -0.25) is 4.79 Å². The first-order chi connectivity index (χ1) is 7.36. The molecule has 0 atom stereocenters. The van der Waals surface area contributed by atoms with Gasteiger partial charge in [0.05, 0.1) is 16.3 Å². The number of amides is 1. The van der Waals surface area contributed by atoms with E-state index in [9.17, 15) is 4.79 Å². The second-order valence-corrected chi connectivity index (χ2v) is 6.25. The van der Waals surface area contributed by atoms with Gasteiger partial charge in [0.25, 0.3) is 0 Å². The zero-order valence-corrected chi connectivity index (χ0v) is 12.6. The summed E-state index contributed by atoms with van der Waals surface area (Å²) in [6.07, 6.45) is 0. The lowest BCUT2D eigenvalue weighted by Crippen LogP contribution is -2.42. The molecule has 2 N–H and O–H groups in total. The van der Waals surface area contributed by atoms with Crippen molar-refractivity contribution in [3.05, 3.63) is 21.3 Å². The Morgan fingerprint density at radius 3 is 2.53 bits per heavy atom. The summed E-state index contributed by atoms with van der Waals surface area (Å²) in [7, 11) is 1.79. The van der Waals surface area contributed by atoms with Crippen LogP contribution in [-0.4, -0.2) is 24.4 Å². The van der Waals surface area contributed by atoms with Gasteiger partial charge in [0.15, 0.2) is 0 Å². The van der Waals surface area contributed by atoms with Gasteiger partial charge in [-0.1, -0.05) is 11.6 Å². The fraction of sp³-hybridized carbons (Fsp3) is 0.545. The Bertz CT molecular complexity index is 379.